The Bertz CT molecular complexity index is 1210. The number of anilines is 2. The van der Waals surface area contributed by atoms with Crippen molar-refractivity contribution in [2.45, 2.75) is 25.2 Å². The fourth-order valence-electron chi connectivity index (χ4n) is 3.32. The highest BCUT2D eigenvalue weighted by Gasteiger charge is 2.49. The molecule has 1 N–H and O–H groups in total. The minimum Gasteiger partial charge on any atom is -0.465 e. The molecule has 1 aliphatic heterocycles. The van der Waals surface area contributed by atoms with Gasteiger partial charge in [-0.1, -0.05) is 12.1 Å². The third-order valence-electron chi connectivity index (χ3n) is 4.77. The number of fused-ring (bicyclic) bond motifs is 1. The van der Waals surface area contributed by atoms with Gasteiger partial charge in [0, 0.05) is 12.3 Å². The van der Waals surface area contributed by atoms with Crippen molar-refractivity contribution in [2.24, 2.45) is 0 Å². The number of nitro groups is 1. The van der Waals surface area contributed by atoms with E-state index in [2.05, 4.69) is 10.1 Å². The molecule has 1 unspecified atom stereocenters. The molecule has 11 nitrogen and oxygen atoms in total. The molecule has 0 saturated heterocycles. The number of hydrogen-bond acceptors (Lipinski definition) is 7. The summed E-state index contributed by atoms with van der Waals surface area (Å²) in [7, 11) is 0.973. The molecular weight excluding hydrogens is 453 g/mol. The maximum absolute atomic E-state index is 13.8. The van der Waals surface area contributed by atoms with Gasteiger partial charge in [-0.2, -0.15) is 13.2 Å². The number of hydrogen-bond donors (Lipinski definition) is 1. The third kappa shape index (κ3) is 4.68. The van der Waals surface area contributed by atoms with Gasteiger partial charge in [0.15, 0.2) is 0 Å². The number of amides is 2. The van der Waals surface area contributed by atoms with Gasteiger partial charge in [-0.15, -0.1) is 0 Å². The zero-order valence-electron chi connectivity index (χ0n) is 16.8. The van der Waals surface area contributed by atoms with Gasteiger partial charge in [0.25, 0.3) is 0 Å². The molecule has 1 aromatic carbocycles. The van der Waals surface area contributed by atoms with Gasteiger partial charge in [-0.25, -0.2) is 4.79 Å². The number of pyridine rings is 1. The van der Waals surface area contributed by atoms with Crippen LogP contribution in [0.3, 0.4) is 0 Å². The van der Waals surface area contributed by atoms with E-state index in [1.807, 2.05) is 0 Å². The average Bonchev–Trinajstić information content (AvgIpc) is 2.89. The Kier molecular flexibility index (Phi) is 6.19. The minimum atomic E-state index is -5.02. The van der Waals surface area contributed by atoms with E-state index in [0.29, 0.717) is 15.5 Å². The summed E-state index contributed by atoms with van der Waals surface area (Å²) >= 11 is 0. The van der Waals surface area contributed by atoms with Gasteiger partial charge in [-0.3, -0.25) is 34.0 Å². The number of carbonyl (C=O) groups is 3. The molecule has 14 heteroatoms. The van der Waals surface area contributed by atoms with Gasteiger partial charge >= 0.3 is 23.4 Å². The summed E-state index contributed by atoms with van der Waals surface area (Å²) in [4.78, 5) is 59.8. The lowest BCUT2D eigenvalue weighted by Gasteiger charge is -2.31. The van der Waals surface area contributed by atoms with Crippen LogP contribution in [0.25, 0.3) is 0 Å². The number of esters is 1. The Balaban J connectivity index is 2.13. The van der Waals surface area contributed by atoms with E-state index < -0.39 is 64.7 Å². The predicted molar refractivity (Wildman–Crippen MR) is 106 cm³/mol. The molecule has 1 atom stereocenters. The highest BCUT2D eigenvalue weighted by atomic mass is 19.4. The molecule has 0 saturated carbocycles. The number of para-hydroxylation sites is 2. The van der Waals surface area contributed by atoms with Crippen LogP contribution < -0.4 is 15.8 Å². The van der Waals surface area contributed by atoms with Crippen LogP contribution in [-0.4, -0.2) is 46.6 Å². The second-order valence-electron chi connectivity index (χ2n) is 6.89. The SMILES string of the molecule is COC(=O)c1cc([N+](=O)[O-])c(=O)n(CC(=O)N2c3ccccc3NC(=O)CC2C(F)(F)F)c1. The van der Waals surface area contributed by atoms with Crippen molar-refractivity contribution in [3.05, 3.63) is 62.6 Å². The molecule has 174 valence electrons. The van der Waals surface area contributed by atoms with Gasteiger partial charge in [0.05, 0.1) is 35.4 Å². The number of nitrogens with one attached hydrogen (secondary N) is 1. The van der Waals surface area contributed by atoms with E-state index in [9.17, 15) is 42.5 Å². The number of aromatic nitrogens is 1. The Hall–Kier alpha value is -4.23. The summed E-state index contributed by atoms with van der Waals surface area (Å²) in [5, 5.41) is 13.5. The number of rotatable bonds is 4. The number of alkyl halides is 3. The molecule has 1 aromatic heterocycles. The van der Waals surface area contributed by atoms with Crippen LogP contribution in [0.1, 0.15) is 16.8 Å². The largest absolute Gasteiger partial charge is 0.465 e. The number of nitrogens with zero attached hydrogens (tertiary/aromatic N) is 3. The van der Waals surface area contributed by atoms with Crippen LogP contribution in [0.4, 0.5) is 30.2 Å². The summed E-state index contributed by atoms with van der Waals surface area (Å²) in [5.41, 5.74) is -3.20. The van der Waals surface area contributed by atoms with Crippen molar-refractivity contribution in [2.75, 3.05) is 17.3 Å². The number of methoxy groups -OCH3 is 1. The van der Waals surface area contributed by atoms with Crippen LogP contribution in [0.5, 0.6) is 0 Å². The van der Waals surface area contributed by atoms with Crippen molar-refractivity contribution >= 4 is 34.8 Å². The Morgan fingerprint density at radius 2 is 1.94 bits per heavy atom. The molecule has 2 aromatic rings. The zero-order chi connectivity index (χ0) is 24.5. The van der Waals surface area contributed by atoms with E-state index in [1.165, 1.54) is 24.3 Å². The lowest BCUT2D eigenvalue weighted by atomic mass is 10.1. The van der Waals surface area contributed by atoms with E-state index in [-0.39, 0.29) is 11.4 Å². The van der Waals surface area contributed by atoms with Crippen LogP contribution >= 0.6 is 0 Å². The first-order valence-corrected chi connectivity index (χ1v) is 9.19. The normalized spacial score (nSPS) is 15.8. The van der Waals surface area contributed by atoms with E-state index in [0.717, 1.165) is 13.3 Å². The van der Waals surface area contributed by atoms with Crippen molar-refractivity contribution in [1.82, 2.24) is 4.57 Å². The topological polar surface area (TPSA) is 141 Å². The molecule has 0 fully saturated rings. The molecule has 2 amide bonds. The number of ether oxygens (including phenoxy) is 1. The van der Waals surface area contributed by atoms with E-state index in [1.54, 1.807) is 0 Å². The first-order chi connectivity index (χ1) is 15.4. The van der Waals surface area contributed by atoms with Crippen LogP contribution in [0.2, 0.25) is 0 Å². The van der Waals surface area contributed by atoms with Crippen molar-refractivity contribution in [3.8, 4) is 0 Å². The molecule has 33 heavy (non-hydrogen) atoms. The van der Waals surface area contributed by atoms with Crippen LogP contribution in [0, 0.1) is 10.1 Å². The standard InChI is InChI=1S/C19H15F3N4O7/c1-33-18(30)10-6-13(26(31)32)17(29)24(8-10)9-16(28)25-12-5-3-2-4-11(12)23-15(27)7-14(25)19(20,21)22/h2-6,8,14H,7,9H2,1H3,(H,23,27). The second kappa shape index (κ2) is 8.72. The molecule has 3 rings (SSSR count). The zero-order valence-corrected chi connectivity index (χ0v) is 16.8. The second-order valence-corrected chi connectivity index (χ2v) is 6.89. The lowest BCUT2D eigenvalue weighted by Crippen LogP contribution is -2.51. The van der Waals surface area contributed by atoms with Gasteiger partial charge in [0.2, 0.25) is 11.8 Å². The fraction of sp³-hybridized carbons (Fsp3) is 0.263. The van der Waals surface area contributed by atoms with Crippen LogP contribution in [0.15, 0.2) is 41.3 Å². The van der Waals surface area contributed by atoms with Gasteiger partial charge in [-0.05, 0) is 12.1 Å². The first kappa shape index (κ1) is 23.4. The quantitative estimate of drug-likeness (QED) is 0.410. The summed E-state index contributed by atoms with van der Waals surface area (Å²) in [5.74, 6) is -3.34. The first-order valence-electron chi connectivity index (χ1n) is 9.19. The molecule has 0 spiro atoms. The molecular formula is C19H15F3N4O7. The smallest absolute Gasteiger partial charge is 0.409 e. The molecule has 0 bridgehead atoms. The van der Waals surface area contributed by atoms with Crippen molar-refractivity contribution in [1.29, 1.82) is 0 Å². The maximum Gasteiger partial charge on any atom is 0.409 e. The fourth-order valence-corrected chi connectivity index (χ4v) is 3.32. The number of carbonyl (C=O) groups excluding carboxylic acids is 3. The van der Waals surface area contributed by atoms with Gasteiger partial charge in [0.1, 0.15) is 12.6 Å². The summed E-state index contributed by atoms with van der Waals surface area (Å²) in [6.07, 6.45) is -5.36. The van der Waals surface area contributed by atoms with E-state index in [4.69, 9.17) is 0 Å². The van der Waals surface area contributed by atoms with Crippen molar-refractivity contribution < 1.29 is 37.2 Å². The van der Waals surface area contributed by atoms with E-state index >= 15 is 0 Å². The highest BCUT2D eigenvalue weighted by Crippen LogP contribution is 2.37. The number of halogens is 3. The summed E-state index contributed by atoms with van der Waals surface area (Å²) < 4.78 is 46.3. The highest BCUT2D eigenvalue weighted by molar-refractivity contribution is 6.04. The number of benzene rings is 1. The van der Waals surface area contributed by atoms with Crippen molar-refractivity contribution in [3.63, 3.8) is 0 Å². The Morgan fingerprint density at radius 1 is 1.27 bits per heavy atom. The third-order valence-corrected chi connectivity index (χ3v) is 4.77. The maximum atomic E-state index is 13.8. The summed E-state index contributed by atoms with van der Waals surface area (Å²) in [6, 6.07) is 3.32. The monoisotopic (exact) mass is 468 g/mol. The molecule has 0 radical (unpaired) electrons. The predicted octanol–water partition coefficient (Wildman–Crippen LogP) is 1.85. The lowest BCUT2D eigenvalue weighted by molar-refractivity contribution is -0.386. The van der Waals surface area contributed by atoms with Gasteiger partial charge < -0.3 is 10.1 Å². The Morgan fingerprint density at radius 3 is 2.55 bits per heavy atom. The average molecular weight is 468 g/mol. The molecule has 2 heterocycles. The molecule has 0 aliphatic carbocycles. The van der Waals surface area contributed by atoms with Crippen LogP contribution in [-0.2, 0) is 20.9 Å². The molecule has 1 aliphatic rings. The Labute approximate surface area is 182 Å². The summed E-state index contributed by atoms with van der Waals surface area (Å²) in [6.45, 7) is -1.08. The minimum absolute atomic E-state index is 0.0655.